The normalized spacial score (nSPS) is 15.2. The van der Waals surface area contributed by atoms with Crippen LogP contribution in [-0.4, -0.2) is 11.9 Å². The zero-order valence-electron chi connectivity index (χ0n) is 13.3. The molecular weight excluding hydrogens is 465 g/mol. The van der Waals surface area contributed by atoms with Crippen LogP contribution in [0.15, 0.2) is 75.8 Å². The highest BCUT2D eigenvalue weighted by molar-refractivity contribution is 14.1. The SMILES string of the molecule is O=C1OC(c2ccc(Cl)cc2)=NC1=Cc1ccc(-c2ccc(I)cc2)o1. The molecule has 0 radical (unpaired) electrons. The minimum Gasteiger partial charge on any atom is -0.457 e. The van der Waals surface area contributed by atoms with E-state index in [1.165, 1.54) is 0 Å². The summed E-state index contributed by atoms with van der Waals surface area (Å²) in [6, 6.07) is 18.6. The number of carbonyl (C=O) groups is 1. The fourth-order valence-corrected chi connectivity index (χ4v) is 2.95. The molecule has 3 aromatic rings. The van der Waals surface area contributed by atoms with Crippen molar-refractivity contribution >= 4 is 52.1 Å². The summed E-state index contributed by atoms with van der Waals surface area (Å²) in [4.78, 5) is 16.3. The summed E-state index contributed by atoms with van der Waals surface area (Å²) in [7, 11) is 0. The van der Waals surface area contributed by atoms with Crippen LogP contribution in [0, 0.1) is 3.57 Å². The summed E-state index contributed by atoms with van der Waals surface area (Å²) < 4.78 is 12.2. The predicted molar refractivity (Wildman–Crippen MR) is 109 cm³/mol. The molecule has 4 nitrogen and oxygen atoms in total. The molecule has 1 aromatic heterocycles. The molecule has 1 aliphatic rings. The molecule has 4 rings (SSSR count). The summed E-state index contributed by atoms with van der Waals surface area (Å²) in [5, 5.41) is 0.605. The van der Waals surface area contributed by atoms with Gasteiger partial charge in [-0.3, -0.25) is 0 Å². The number of benzene rings is 2. The van der Waals surface area contributed by atoms with Gasteiger partial charge in [-0.25, -0.2) is 9.79 Å². The van der Waals surface area contributed by atoms with E-state index in [0.29, 0.717) is 16.3 Å². The van der Waals surface area contributed by atoms with Crippen LogP contribution >= 0.6 is 34.2 Å². The molecule has 0 saturated heterocycles. The number of hydrogen-bond acceptors (Lipinski definition) is 4. The fraction of sp³-hybridized carbons (Fsp3) is 0. The Morgan fingerprint density at radius 1 is 0.923 bits per heavy atom. The monoisotopic (exact) mass is 475 g/mol. The van der Waals surface area contributed by atoms with Crippen LogP contribution in [0.5, 0.6) is 0 Å². The van der Waals surface area contributed by atoms with Gasteiger partial charge in [0.05, 0.1) is 0 Å². The molecule has 0 fully saturated rings. The number of hydrogen-bond donors (Lipinski definition) is 0. The van der Waals surface area contributed by atoms with E-state index < -0.39 is 5.97 Å². The van der Waals surface area contributed by atoms with Crippen molar-refractivity contribution in [2.45, 2.75) is 0 Å². The second kappa shape index (κ2) is 7.09. The predicted octanol–water partition coefficient (Wildman–Crippen LogP) is 5.55. The lowest BCUT2D eigenvalue weighted by molar-refractivity contribution is -0.129. The maximum atomic E-state index is 12.1. The molecule has 0 saturated carbocycles. The highest BCUT2D eigenvalue weighted by Gasteiger charge is 2.24. The molecule has 0 bridgehead atoms. The van der Waals surface area contributed by atoms with Gasteiger partial charge in [-0.15, -0.1) is 0 Å². The number of nitrogens with zero attached hydrogens (tertiary/aromatic N) is 1. The highest BCUT2D eigenvalue weighted by atomic mass is 127. The minimum absolute atomic E-state index is 0.193. The Kier molecular flexibility index (Phi) is 4.65. The Labute approximate surface area is 168 Å². The topological polar surface area (TPSA) is 51.8 Å². The summed E-state index contributed by atoms with van der Waals surface area (Å²) in [6.07, 6.45) is 1.57. The number of aliphatic imine (C=N–C) groups is 1. The number of carbonyl (C=O) groups excluding carboxylic acids is 1. The van der Waals surface area contributed by atoms with Gasteiger partial charge in [0.25, 0.3) is 0 Å². The molecule has 0 unspecified atom stereocenters. The third-order valence-electron chi connectivity index (χ3n) is 3.75. The molecule has 26 heavy (non-hydrogen) atoms. The molecule has 128 valence electrons. The molecule has 6 heteroatoms. The van der Waals surface area contributed by atoms with Crippen LogP contribution < -0.4 is 0 Å². The van der Waals surface area contributed by atoms with Crippen molar-refractivity contribution in [3.05, 3.63) is 86.3 Å². The first-order valence-electron chi connectivity index (χ1n) is 7.73. The molecule has 2 heterocycles. The van der Waals surface area contributed by atoms with Crippen LogP contribution in [-0.2, 0) is 9.53 Å². The third kappa shape index (κ3) is 3.59. The van der Waals surface area contributed by atoms with Crippen molar-refractivity contribution in [1.82, 2.24) is 0 Å². The second-order valence-corrected chi connectivity index (χ2v) is 7.23. The first-order valence-corrected chi connectivity index (χ1v) is 9.18. The van der Waals surface area contributed by atoms with Gasteiger partial charge in [-0.1, -0.05) is 23.7 Å². The number of cyclic esters (lactones) is 1. The van der Waals surface area contributed by atoms with E-state index in [2.05, 4.69) is 27.6 Å². The van der Waals surface area contributed by atoms with Crippen LogP contribution in [0.3, 0.4) is 0 Å². The smallest absolute Gasteiger partial charge is 0.363 e. The maximum Gasteiger partial charge on any atom is 0.363 e. The van der Waals surface area contributed by atoms with Crippen molar-refractivity contribution in [3.63, 3.8) is 0 Å². The Bertz CT molecular complexity index is 1030. The zero-order chi connectivity index (χ0) is 18.1. The van der Waals surface area contributed by atoms with Crippen molar-refractivity contribution in [2.24, 2.45) is 4.99 Å². The Hall–Kier alpha value is -2.38. The molecular formula is C20H11ClINO3. The summed E-state index contributed by atoms with van der Waals surface area (Å²) in [5.41, 5.74) is 1.85. The number of halogens is 2. The largest absolute Gasteiger partial charge is 0.457 e. The Balaban J connectivity index is 1.61. The van der Waals surface area contributed by atoms with Gasteiger partial charge in [0.2, 0.25) is 5.90 Å². The van der Waals surface area contributed by atoms with Gasteiger partial charge in [0.1, 0.15) is 11.5 Å². The first kappa shape index (κ1) is 17.1. The molecule has 2 aromatic carbocycles. The molecule has 0 atom stereocenters. The number of furan rings is 1. The fourth-order valence-electron chi connectivity index (χ4n) is 2.46. The summed E-state index contributed by atoms with van der Waals surface area (Å²) in [6.45, 7) is 0. The number of ether oxygens (including phenoxy) is 1. The summed E-state index contributed by atoms with van der Waals surface area (Å²) >= 11 is 8.12. The molecule has 0 amide bonds. The van der Waals surface area contributed by atoms with E-state index in [-0.39, 0.29) is 11.6 Å². The zero-order valence-corrected chi connectivity index (χ0v) is 16.2. The third-order valence-corrected chi connectivity index (χ3v) is 4.72. The highest BCUT2D eigenvalue weighted by Crippen LogP contribution is 2.26. The average Bonchev–Trinajstić information content (AvgIpc) is 3.24. The average molecular weight is 476 g/mol. The van der Waals surface area contributed by atoms with Crippen molar-refractivity contribution in [2.75, 3.05) is 0 Å². The van der Waals surface area contributed by atoms with E-state index in [4.69, 9.17) is 20.8 Å². The number of rotatable bonds is 3. The minimum atomic E-state index is -0.512. The van der Waals surface area contributed by atoms with Gasteiger partial charge < -0.3 is 9.15 Å². The molecule has 1 aliphatic heterocycles. The van der Waals surface area contributed by atoms with E-state index >= 15 is 0 Å². The van der Waals surface area contributed by atoms with Crippen molar-refractivity contribution in [1.29, 1.82) is 0 Å². The first-order chi connectivity index (χ1) is 12.6. The second-order valence-electron chi connectivity index (χ2n) is 5.55. The van der Waals surface area contributed by atoms with Crippen LogP contribution in [0.2, 0.25) is 5.02 Å². The van der Waals surface area contributed by atoms with Gasteiger partial charge in [0, 0.05) is 25.8 Å². The van der Waals surface area contributed by atoms with Crippen LogP contribution in [0.4, 0.5) is 0 Å². The van der Waals surface area contributed by atoms with Crippen LogP contribution in [0.25, 0.3) is 17.4 Å². The molecule has 0 N–H and O–H groups in total. The van der Waals surface area contributed by atoms with E-state index in [0.717, 1.165) is 14.9 Å². The standard InChI is InChI=1S/C20H11ClINO3/c21-14-5-1-13(2-6-14)19-23-17(20(24)26-19)11-16-9-10-18(25-16)12-3-7-15(22)8-4-12/h1-11H. The van der Waals surface area contributed by atoms with Gasteiger partial charge in [-0.05, 0) is 71.1 Å². The Morgan fingerprint density at radius 2 is 1.62 bits per heavy atom. The molecule has 0 aliphatic carbocycles. The quantitative estimate of drug-likeness (QED) is 0.284. The lowest BCUT2D eigenvalue weighted by Gasteiger charge is -1.98. The summed E-state index contributed by atoms with van der Waals surface area (Å²) in [5.74, 6) is 0.998. The Morgan fingerprint density at radius 3 is 2.35 bits per heavy atom. The lowest BCUT2D eigenvalue weighted by atomic mass is 10.2. The van der Waals surface area contributed by atoms with E-state index in [1.807, 2.05) is 30.3 Å². The maximum absolute atomic E-state index is 12.1. The van der Waals surface area contributed by atoms with Gasteiger partial charge in [-0.2, -0.15) is 0 Å². The molecule has 0 spiro atoms. The van der Waals surface area contributed by atoms with E-state index in [9.17, 15) is 4.79 Å². The van der Waals surface area contributed by atoms with Crippen LogP contribution in [0.1, 0.15) is 11.3 Å². The van der Waals surface area contributed by atoms with Gasteiger partial charge in [0.15, 0.2) is 5.70 Å². The lowest BCUT2D eigenvalue weighted by Crippen LogP contribution is -2.05. The van der Waals surface area contributed by atoms with Crippen molar-refractivity contribution in [3.8, 4) is 11.3 Å². The van der Waals surface area contributed by atoms with Gasteiger partial charge >= 0.3 is 5.97 Å². The van der Waals surface area contributed by atoms with Crippen molar-refractivity contribution < 1.29 is 13.9 Å². The van der Waals surface area contributed by atoms with E-state index in [1.54, 1.807) is 36.4 Å². The number of esters is 1.